The average molecular weight is 361 g/mol. The third-order valence-electron chi connectivity index (χ3n) is 4.12. The molecule has 130 valence electrons. The fourth-order valence-corrected chi connectivity index (χ4v) is 3.09. The van der Waals surface area contributed by atoms with Gasteiger partial charge in [0.2, 0.25) is 0 Å². The number of pyridine rings is 1. The molecule has 0 saturated carbocycles. The van der Waals surface area contributed by atoms with Crippen LogP contribution >= 0.6 is 11.6 Å². The summed E-state index contributed by atoms with van der Waals surface area (Å²) < 4.78 is 41.6. The van der Waals surface area contributed by atoms with Crippen LogP contribution in [-0.2, 0) is 25.7 Å². The number of nitrogens with zero attached hydrogens (tertiary/aromatic N) is 4. The van der Waals surface area contributed by atoms with Crippen molar-refractivity contribution in [3.05, 3.63) is 44.9 Å². The number of alkyl halides is 3. The van der Waals surface area contributed by atoms with Gasteiger partial charge in [0.1, 0.15) is 10.8 Å². The summed E-state index contributed by atoms with van der Waals surface area (Å²) in [6.45, 7) is 0.620. The molecule has 0 bridgehead atoms. The van der Waals surface area contributed by atoms with Gasteiger partial charge in [0.15, 0.2) is 5.82 Å². The predicted octanol–water partition coefficient (Wildman–Crippen LogP) is 3.28. The van der Waals surface area contributed by atoms with Crippen LogP contribution in [0.3, 0.4) is 0 Å². The number of halogens is 4. The third-order valence-corrected chi connectivity index (χ3v) is 4.39. The SMILES string of the molecule is O=c1c(Cl)cc(C(F)(F)F)cn1Cc1nnc2n1CCCCCC2. The first-order valence-electron chi connectivity index (χ1n) is 7.74. The number of hydrogen-bond acceptors (Lipinski definition) is 3. The Kier molecular flexibility index (Phi) is 4.67. The standard InChI is InChI=1S/C15H16ClF3N4O/c16-11-7-10(15(17,18)19)8-22(14(11)24)9-13-21-20-12-5-3-1-2-4-6-23(12)13/h7-8H,1-6,9H2. The average Bonchev–Trinajstić information content (AvgIpc) is 2.83. The van der Waals surface area contributed by atoms with Gasteiger partial charge in [0, 0.05) is 19.2 Å². The zero-order valence-electron chi connectivity index (χ0n) is 12.8. The van der Waals surface area contributed by atoms with Crippen LogP contribution in [0.1, 0.15) is 42.9 Å². The van der Waals surface area contributed by atoms with E-state index in [1.807, 2.05) is 4.57 Å². The van der Waals surface area contributed by atoms with Gasteiger partial charge in [-0.05, 0) is 18.9 Å². The Balaban J connectivity index is 1.97. The van der Waals surface area contributed by atoms with Crippen LogP contribution in [0.4, 0.5) is 13.2 Å². The molecule has 0 amide bonds. The lowest BCUT2D eigenvalue weighted by Crippen LogP contribution is -2.25. The van der Waals surface area contributed by atoms with Crippen molar-refractivity contribution in [2.24, 2.45) is 0 Å². The van der Waals surface area contributed by atoms with Crippen molar-refractivity contribution < 1.29 is 13.2 Å². The van der Waals surface area contributed by atoms with Crippen LogP contribution < -0.4 is 5.56 Å². The largest absolute Gasteiger partial charge is 0.417 e. The van der Waals surface area contributed by atoms with Crippen LogP contribution in [0.25, 0.3) is 0 Å². The van der Waals surface area contributed by atoms with Crippen LogP contribution in [0, 0.1) is 0 Å². The smallest absolute Gasteiger partial charge is 0.313 e. The minimum atomic E-state index is -4.57. The molecule has 1 aliphatic rings. The quantitative estimate of drug-likeness (QED) is 0.826. The topological polar surface area (TPSA) is 52.7 Å². The van der Waals surface area contributed by atoms with Crippen molar-refractivity contribution in [3.63, 3.8) is 0 Å². The zero-order chi connectivity index (χ0) is 17.3. The highest BCUT2D eigenvalue weighted by molar-refractivity contribution is 6.30. The lowest BCUT2D eigenvalue weighted by atomic mass is 10.1. The molecule has 0 radical (unpaired) electrons. The van der Waals surface area contributed by atoms with Gasteiger partial charge in [0.25, 0.3) is 5.56 Å². The summed E-state index contributed by atoms with van der Waals surface area (Å²) in [5, 5.41) is 7.73. The van der Waals surface area contributed by atoms with Crippen molar-refractivity contribution in [3.8, 4) is 0 Å². The maximum atomic E-state index is 12.9. The minimum absolute atomic E-state index is 0.0878. The van der Waals surface area contributed by atoms with Gasteiger partial charge in [-0.25, -0.2) is 0 Å². The molecule has 3 rings (SSSR count). The van der Waals surface area contributed by atoms with Gasteiger partial charge in [-0.15, -0.1) is 10.2 Å². The highest BCUT2D eigenvalue weighted by Crippen LogP contribution is 2.29. The Morgan fingerprint density at radius 2 is 1.92 bits per heavy atom. The van der Waals surface area contributed by atoms with E-state index >= 15 is 0 Å². The van der Waals surface area contributed by atoms with Crippen molar-refractivity contribution in [2.75, 3.05) is 0 Å². The van der Waals surface area contributed by atoms with E-state index in [1.54, 1.807) is 0 Å². The summed E-state index contributed by atoms with van der Waals surface area (Å²) in [7, 11) is 0. The fourth-order valence-electron chi connectivity index (χ4n) is 2.86. The van der Waals surface area contributed by atoms with Crippen molar-refractivity contribution in [1.29, 1.82) is 0 Å². The molecule has 0 spiro atoms. The number of hydrogen-bond donors (Lipinski definition) is 0. The zero-order valence-corrected chi connectivity index (χ0v) is 13.6. The molecule has 9 heteroatoms. The first-order valence-corrected chi connectivity index (χ1v) is 8.12. The minimum Gasteiger partial charge on any atom is -0.313 e. The Hall–Kier alpha value is -1.83. The molecule has 1 aliphatic heterocycles. The Morgan fingerprint density at radius 3 is 2.67 bits per heavy atom. The van der Waals surface area contributed by atoms with E-state index in [1.165, 1.54) is 0 Å². The second kappa shape index (κ2) is 6.58. The molecule has 0 saturated heterocycles. The summed E-state index contributed by atoms with van der Waals surface area (Å²) in [4.78, 5) is 12.1. The number of aryl methyl sites for hydroxylation is 1. The van der Waals surface area contributed by atoms with Crippen LogP contribution in [0.15, 0.2) is 17.1 Å². The van der Waals surface area contributed by atoms with Gasteiger partial charge in [-0.3, -0.25) is 4.79 Å². The van der Waals surface area contributed by atoms with Crippen LogP contribution in [-0.4, -0.2) is 19.3 Å². The highest BCUT2D eigenvalue weighted by atomic mass is 35.5. The maximum absolute atomic E-state index is 12.9. The van der Waals surface area contributed by atoms with E-state index in [4.69, 9.17) is 11.6 Å². The normalized spacial score (nSPS) is 15.7. The van der Waals surface area contributed by atoms with Crippen LogP contribution in [0.2, 0.25) is 5.02 Å². The molecule has 3 heterocycles. The number of aromatic nitrogens is 4. The summed E-state index contributed by atoms with van der Waals surface area (Å²) in [5.41, 5.74) is -1.63. The lowest BCUT2D eigenvalue weighted by molar-refractivity contribution is -0.138. The van der Waals surface area contributed by atoms with Gasteiger partial charge < -0.3 is 9.13 Å². The van der Waals surface area contributed by atoms with E-state index in [2.05, 4.69) is 10.2 Å². The van der Waals surface area contributed by atoms with E-state index in [0.717, 1.165) is 48.7 Å². The van der Waals surface area contributed by atoms with Gasteiger partial charge >= 0.3 is 6.18 Å². The number of fused-ring (bicyclic) bond motifs is 1. The predicted molar refractivity (Wildman–Crippen MR) is 82.0 cm³/mol. The molecule has 2 aromatic heterocycles. The molecule has 0 fully saturated rings. The molecular formula is C15H16ClF3N4O. The third kappa shape index (κ3) is 3.48. The van der Waals surface area contributed by atoms with E-state index in [9.17, 15) is 18.0 Å². The van der Waals surface area contributed by atoms with Crippen molar-refractivity contribution >= 4 is 11.6 Å². The maximum Gasteiger partial charge on any atom is 0.417 e. The molecule has 0 unspecified atom stereocenters. The molecule has 0 atom stereocenters. The second-order valence-electron chi connectivity index (χ2n) is 5.86. The van der Waals surface area contributed by atoms with Crippen molar-refractivity contribution in [2.45, 2.75) is 51.4 Å². The summed E-state index contributed by atoms with van der Waals surface area (Å²) in [6, 6.07) is 0.648. The summed E-state index contributed by atoms with van der Waals surface area (Å²) >= 11 is 5.68. The Bertz CT molecular complexity index is 797. The molecule has 5 nitrogen and oxygen atoms in total. The Labute approximate surface area is 141 Å². The van der Waals surface area contributed by atoms with E-state index in [0.29, 0.717) is 18.4 Å². The van der Waals surface area contributed by atoms with Gasteiger partial charge in [-0.1, -0.05) is 24.4 Å². The fraction of sp³-hybridized carbons (Fsp3) is 0.533. The second-order valence-corrected chi connectivity index (χ2v) is 6.26. The Morgan fingerprint density at radius 1 is 1.17 bits per heavy atom. The molecular weight excluding hydrogens is 345 g/mol. The van der Waals surface area contributed by atoms with Crippen LogP contribution in [0.5, 0.6) is 0 Å². The summed E-state index contributed by atoms with van der Waals surface area (Å²) in [6.07, 6.45) is 1.17. The molecule has 0 aromatic carbocycles. The van der Waals surface area contributed by atoms with Gasteiger partial charge in [-0.2, -0.15) is 13.2 Å². The van der Waals surface area contributed by atoms with Gasteiger partial charge in [0.05, 0.1) is 12.1 Å². The highest BCUT2D eigenvalue weighted by Gasteiger charge is 2.32. The molecule has 24 heavy (non-hydrogen) atoms. The lowest BCUT2D eigenvalue weighted by Gasteiger charge is -2.15. The first-order chi connectivity index (χ1) is 11.4. The molecule has 0 N–H and O–H groups in total. The molecule has 2 aromatic rings. The first kappa shape index (κ1) is 17.0. The molecule has 0 aliphatic carbocycles. The van der Waals surface area contributed by atoms with Crippen molar-refractivity contribution in [1.82, 2.24) is 19.3 Å². The monoisotopic (exact) mass is 360 g/mol. The van der Waals surface area contributed by atoms with E-state index < -0.39 is 22.3 Å². The number of rotatable bonds is 2. The summed E-state index contributed by atoms with van der Waals surface area (Å²) in [5.74, 6) is 1.29. The van der Waals surface area contributed by atoms with E-state index in [-0.39, 0.29) is 6.54 Å².